The van der Waals surface area contributed by atoms with Crippen molar-refractivity contribution in [2.45, 2.75) is 70.8 Å². The third kappa shape index (κ3) is 10.2. The molecule has 0 unspecified atom stereocenters. The molecule has 12 heteroatoms. The number of halogens is 4. The van der Waals surface area contributed by atoms with Crippen LogP contribution in [0, 0.1) is 5.92 Å². The second kappa shape index (κ2) is 14.9. The van der Waals surface area contributed by atoms with Crippen LogP contribution in [0.1, 0.15) is 56.4 Å². The predicted octanol–water partition coefficient (Wildman–Crippen LogP) is 7.74. The Kier molecular flexibility index (Phi) is 11.3. The lowest BCUT2D eigenvalue weighted by Crippen LogP contribution is -2.45. The van der Waals surface area contributed by atoms with E-state index in [0.29, 0.717) is 23.7 Å². The van der Waals surface area contributed by atoms with Gasteiger partial charge < -0.3 is 24.3 Å². The molecule has 2 aromatic carbocycles. The second-order valence-corrected chi connectivity index (χ2v) is 12.3. The first-order chi connectivity index (χ1) is 20.9. The molecule has 1 fully saturated rings. The highest BCUT2D eigenvalue weighted by molar-refractivity contribution is 6.35. The number of carbonyl (C=O) groups excluding carboxylic acids is 2. The Morgan fingerprint density at radius 3 is 2.30 bits per heavy atom. The fourth-order valence-corrected chi connectivity index (χ4v) is 4.80. The largest absolute Gasteiger partial charge is 0.489 e. The zero-order valence-corrected chi connectivity index (χ0v) is 26.0. The smallest absolute Gasteiger partial charge is 0.408 e. The standard InChI is InChI=1S/C32H34Cl2F2N2O6/c1-32(2,3)44-31(40)38-25(13-19-7-5-4-6-8-19)29(39)42-27(15-22-23(33)16-37-17-24(22)34)21-11-12-26(43-30(35)36)28(14-21)41-18-20-9-10-20/h4-8,11-12,14,16-17,20,25,27,30H,9-10,13,15,18H2,1-3H3,(H,38,40)/t25-,27+/m1/s1. The normalized spacial score (nSPS) is 14.5. The van der Waals surface area contributed by atoms with Gasteiger partial charge in [0.05, 0.1) is 16.7 Å². The van der Waals surface area contributed by atoms with Crippen molar-refractivity contribution in [3.8, 4) is 11.5 Å². The number of alkyl carbamates (subject to hydrolysis) is 1. The highest BCUT2D eigenvalue weighted by Crippen LogP contribution is 2.38. The van der Waals surface area contributed by atoms with Gasteiger partial charge in [-0.05, 0) is 68.4 Å². The number of amides is 1. The number of hydrogen-bond acceptors (Lipinski definition) is 7. The van der Waals surface area contributed by atoms with Crippen LogP contribution in [0.5, 0.6) is 11.5 Å². The van der Waals surface area contributed by atoms with Gasteiger partial charge in [0.1, 0.15) is 17.7 Å². The summed E-state index contributed by atoms with van der Waals surface area (Å²) in [6, 6.07) is 12.3. The topological polar surface area (TPSA) is 96.0 Å². The maximum atomic E-state index is 13.8. The summed E-state index contributed by atoms with van der Waals surface area (Å²) < 4.78 is 48.3. The first-order valence-electron chi connectivity index (χ1n) is 14.1. The van der Waals surface area contributed by atoms with E-state index < -0.39 is 36.4 Å². The molecule has 1 aliphatic rings. The van der Waals surface area contributed by atoms with Gasteiger partial charge in [0.2, 0.25) is 0 Å². The van der Waals surface area contributed by atoms with Crippen molar-refractivity contribution in [1.82, 2.24) is 10.3 Å². The van der Waals surface area contributed by atoms with E-state index in [9.17, 15) is 18.4 Å². The Bertz CT molecular complexity index is 1410. The zero-order chi connectivity index (χ0) is 31.9. The van der Waals surface area contributed by atoms with Crippen molar-refractivity contribution >= 4 is 35.3 Å². The number of nitrogens with one attached hydrogen (secondary N) is 1. The molecule has 4 rings (SSSR count). The molecule has 8 nitrogen and oxygen atoms in total. The summed E-state index contributed by atoms with van der Waals surface area (Å²) in [5.41, 5.74) is 0.827. The molecule has 0 radical (unpaired) electrons. The second-order valence-electron chi connectivity index (χ2n) is 11.4. The van der Waals surface area contributed by atoms with Crippen LogP contribution in [0.3, 0.4) is 0 Å². The van der Waals surface area contributed by atoms with Gasteiger partial charge in [-0.2, -0.15) is 8.78 Å². The molecule has 2 atom stereocenters. The van der Waals surface area contributed by atoms with Gasteiger partial charge in [-0.3, -0.25) is 4.98 Å². The van der Waals surface area contributed by atoms with Crippen LogP contribution in [0.25, 0.3) is 0 Å². The molecule has 0 spiro atoms. The summed E-state index contributed by atoms with van der Waals surface area (Å²) in [6.45, 7) is 2.39. The number of ether oxygens (including phenoxy) is 4. The van der Waals surface area contributed by atoms with E-state index in [1.165, 1.54) is 30.6 Å². The fraction of sp³-hybridized carbons (Fsp3) is 0.406. The number of benzene rings is 2. The van der Waals surface area contributed by atoms with Crippen LogP contribution in [-0.2, 0) is 27.1 Å². The minimum atomic E-state index is -3.06. The Morgan fingerprint density at radius 1 is 1.00 bits per heavy atom. The number of aromatic nitrogens is 1. The van der Waals surface area contributed by atoms with E-state index >= 15 is 0 Å². The molecule has 0 aliphatic heterocycles. The van der Waals surface area contributed by atoms with Gasteiger partial charge >= 0.3 is 18.7 Å². The highest BCUT2D eigenvalue weighted by atomic mass is 35.5. The van der Waals surface area contributed by atoms with E-state index in [-0.39, 0.29) is 34.4 Å². The molecule has 1 N–H and O–H groups in total. The Labute approximate surface area is 264 Å². The van der Waals surface area contributed by atoms with Crippen LogP contribution in [0.2, 0.25) is 10.0 Å². The molecule has 236 valence electrons. The molecular weight excluding hydrogens is 617 g/mol. The third-order valence-electron chi connectivity index (χ3n) is 6.59. The number of pyridine rings is 1. The highest BCUT2D eigenvalue weighted by Gasteiger charge is 2.30. The maximum Gasteiger partial charge on any atom is 0.408 e. The van der Waals surface area contributed by atoms with Crippen LogP contribution in [0.4, 0.5) is 13.6 Å². The summed E-state index contributed by atoms with van der Waals surface area (Å²) in [7, 11) is 0. The van der Waals surface area contributed by atoms with E-state index in [4.69, 9.17) is 37.4 Å². The molecule has 3 aromatic rings. The first-order valence-corrected chi connectivity index (χ1v) is 14.9. The zero-order valence-electron chi connectivity index (χ0n) is 24.5. The Morgan fingerprint density at radius 2 is 1.68 bits per heavy atom. The van der Waals surface area contributed by atoms with Crippen molar-refractivity contribution in [3.63, 3.8) is 0 Å². The molecule has 1 saturated carbocycles. The third-order valence-corrected chi connectivity index (χ3v) is 7.24. The number of rotatable bonds is 13. The maximum absolute atomic E-state index is 13.8. The molecular formula is C32H34Cl2F2N2O6. The van der Waals surface area contributed by atoms with Crippen molar-refractivity contribution in [1.29, 1.82) is 0 Å². The monoisotopic (exact) mass is 650 g/mol. The predicted molar refractivity (Wildman–Crippen MR) is 161 cm³/mol. The lowest BCUT2D eigenvalue weighted by atomic mass is 10.0. The Hall–Kier alpha value is -3.63. The lowest BCUT2D eigenvalue weighted by molar-refractivity contribution is -0.152. The fourth-order valence-electron chi connectivity index (χ4n) is 4.28. The average Bonchev–Trinajstić information content (AvgIpc) is 3.77. The molecule has 1 heterocycles. The molecule has 1 amide bonds. The average molecular weight is 652 g/mol. The van der Waals surface area contributed by atoms with Gasteiger partial charge in [0.25, 0.3) is 0 Å². The molecule has 0 saturated heterocycles. The minimum Gasteiger partial charge on any atom is -0.489 e. The summed E-state index contributed by atoms with van der Waals surface area (Å²) >= 11 is 12.8. The van der Waals surface area contributed by atoms with E-state index in [1.54, 1.807) is 20.8 Å². The van der Waals surface area contributed by atoms with Crippen LogP contribution in [-0.4, -0.2) is 41.9 Å². The number of alkyl halides is 2. The van der Waals surface area contributed by atoms with Gasteiger partial charge in [0, 0.05) is 25.2 Å². The van der Waals surface area contributed by atoms with Crippen molar-refractivity contribution in [3.05, 3.63) is 87.7 Å². The van der Waals surface area contributed by atoms with Gasteiger partial charge in [-0.15, -0.1) is 0 Å². The van der Waals surface area contributed by atoms with Crippen molar-refractivity contribution in [2.75, 3.05) is 6.61 Å². The number of nitrogens with zero attached hydrogens (tertiary/aromatic N) is 1. The first kappa shape index (κ1) is 33.3. The number of carbonyl (C=O) groups is 2. The van der Waals surface area contributed by atoms with E-state index in [2.05, 4.69) is 15.0 Å². The molecule has 44 heavy (non-hydrogen) atoms. The summed E-state index contributed by atoms with van der Waals surface area (Å²) in [5.74, 6) is -0.503. The van der Waals surface area contributed by atoms with Crippen molar-refractivity contribution in [2.24, 2.45) is 5.92 Å². The van der Waals surface area contributed by atoms with Crippen LogP contribution >= 0.6 is 23.2 Å². The van der Waals surface area contributed by atoms with Gasteiger partial charge in [-0.1, -0.05) is 59.6 Å². The quantitative estimate of drug-likeness (QED) is 0.189. The molecule has 0 bridgehead atoms. The SMILES string of the molecule is CC(C)(C)OC(=O)N[C@H](Cc1ccccc1)C(=O)O[C@@H](Cc1c(Cl)cncc1Cl)c1ccc(OC(F)F)c(OCC2CC2)c1. The van der Waals surface area contributed by atoms with Crippen LogP contribution < -0.4 is 14.8 Å². The van der Waals surface area contributed by atoms with Gasteiger partial charge in [0.15, 0.2) is 11.5 Å². The van der Waals surface area contributed by atoms with Crippen LogP contribution in [0.15, 0.2) is 60.9 Å². The van der Waals surface area contributed by atoms with E-state index in [0.717, 1.165) is 18.4 Å². The minimum absolute atomic E-state index is 0.00748. The lowest BCUT2D eigenvalue weighted by Gasteiger charge is -2.26. The van der Waals surface area contributed by atoms with Crippen molar-refractivity contribution < 1.29 is 37.3 Å². The van der Waals surface area contributed by atoms with E-state index in [1.807, 2.05) is 30.3 Å². The Balaban J connectivity index is 1.67. The summed E-state index contributed by atoms with van der Waals surface area (Å²) in [5, 5.41) is 3.11. The number of hydrogen-bond donors (Lipinski definition) is 1. The molecule has 1 aromatic heterocycles. The summed E-state index contributed by atoms with van der Waals surface area (Å²) in [6.07, 6.45) is 3.09. The number of esters is 1. The molecule has 1 aliphatic carbocycles. The van der Waals surface area contributed by atoms with Gasteiger partial charge in [-0.25, -0.2) is 9.59 Å². The summed E-state index contributed by atoms with van der Waals surface area (Å²) in [4.78, 5) is 30.5.